The van der Waals surface area contributed by atoms with Gasteiger partial charge in [0.2, 0.25) is 10.0 Å². The van der Waals surface area contributed by atoms with Gasteiger partial charge in [-0.3, -0.25) is 4.79 Å². The Bertz CT molecular complexity index is 1060. The Morgan fingerprint density at radius 1 is 1.11 bits per heavy atom. The average molecular weight is 419 g/mol. The molecule has 3 rings (SSSR count). The van der Waals surface area contributed by atoms with Crippen LogP contribution in [0.25, 0.3) is 10.1 Å². The van der Waals surface area contributed by atoms with Gasteiger partial charge in [-0.1, -0.05) is 24.3 Å². The van der Waals surface area contributed by atoms with E-state index >= 15 is 0 Å². The van der Waals surface area contributed by atoms with Crippen molar-refractivity contribution >= 4 is 37.4 Å². The van der Waals surface area contributed by atoms with Gasteiger partial charge in [0.05, 0.1) is 11.5 Å². The topological polar surface area (TPSA) is 84.5 Å². The predicted molar refractivity (Wildman–Crippen MR) is 111 cm³/mol. The standard InChI is InChI=1S/C20H22N2O4S2/c1-26-12-11-22-28(24,25)17-6-4-5-15(13-17)20(23)21-10-9-16-14-27-19-8-3-2-7-18(16)19/h2-8,13-14,22H,9-12H2,1H3,(H,21,23). The molecule has 0 aliphatic carbocycles. The van der Waals surface area contributed by atoms with E-state index in [4.69, 9.17) is 4.74 Å². The molecule has 3 aromatic rings. The van der Waals surface area contributed by atoms with E-state index in [1.807, 2.05) is 12.1 Å². The Morgan fingerprint density at radius 3 is 2.75 bits per heavy atom. The summed E-state index contributed by atoms with van der Waals surface area (Å²) in [5.41, 5.74) is 1.50. The van der Waals surface area contributed by atoms with Crippen LogP contribution in [-0.4, -0.2) is 41.1 Å². The molecule has 0 bridgehead atoms. The number of thiophene rings is 1. The van der Waals surface area contributed by atoms with E-state index in [0.29, 0.717) is 18.5 Å². The maximum atomic E-state index is 12.4. The molecule has 0 saturated carbocycles. The fraction of sp³-hybridized carbons (Fsp3) is 0.250. The molecule has 8 heteroatoms. The van der Waals surface area contributed by atoms with Crippen molar-refractivity contribution in [1.29, 1.82) is 0 Å². The van der Waals surface area contributed by atoms with Gasteiger partial charge in [0.1, 0.15) is 0 Å². The molecule has 1 heterocycles. The number of methoxy groups -OCH3 is 1. The van der Waals surface area contributed by atoms with Crippen LogP contribution in [-0.2, 0) is 21.2 Å². The van der Waals surface area contributed by atoms with E-state index in [-0.39, 0.29) is 24.0 Å². The lowest BCUT2D eigenvalue weighted by molar-refractivity contribution is 0.0954. The number of fused-ring (bicyclic) bond motifs is 1. The second-order valence-electron chi connectivity index (χ2n) is 6.18. The Hall–Kier alpha value is -2.26. The van der Waals surface area contributed by atoms with Gasteiger partial charge in [0.15, 0.2) is 0 Å². The van der Waals surface area contributed by atoms with Gasteiger partial charge >= 0.3 is 0 Å². The maximum Gasteiger partial charge on any atom is 0.251 e. The molecule has 0 saturated heterocycles. The summed E-state index contributed by atoms with van der Waals surface area (Å²) in [6.45, 7) is 0.920. The number of hydrogen-bond donors (Lipinski definition) is 2. The first kappa shape index (κ1) is 20.5. The van der Waals surface area contributed by atoms with Crippen LogP contribution in [0.3, 0.4) is 0 Å². The van der Waals surface area contributed by atoms with Crippen LogP contribution >= 0.6 is 11.3 Å². The number of sulfonamides is 1. The van der Waals surface area contributed by atoms with Crippen LogP contribution in [0.5, 0.6) is 0 Å². The minimum Gasteiger partial charge on any atom is -0.383 e. The molecule has 0 aliphatic heterocycles. The van der Waals surface area contributed by atoms with Gasteiger partial charge in [-0.2, -0.15) is 0 Å². The molecule has 2 aromatic carbocycles. The van der Waals surface area contributed by atoms with Gasteiger partial charge in [0.25, 0.3) is 5.91 Å². The number of nitrogens with one attached hydrogen (secondary N) is 2. The number of rotatable bonds is 9. The highest BCUT2D eigenvalue weighted by atomic mass is 32.2. The molecule has 0 fully saturated rings. The molecule has 6 nitrogen and oxygen atoms in total. The third kappa shape index (κ3) is 4.96. The monoisotopic (exact) mass is 418 g/mol. The molecule has 1 aromatic heterocycles. The first-order valence-corrected chi connectivity index (χ1v) is 11.2. The summed E-state index contributed by atoms with van der Waals surface area (Å²) >= 11 is 1.69. The van der Waals surface area contributed by atoms with Gasteiger partial charge in [0, 0.05) is 30.5 Å². The zero-order chi connectivity index (χ0) is 20.0. The van der Waals surface area contributed by atoms with Crippen LogP contribution in [0.15, 0.2) is 58.8 Å². The highest BCUT2D eigenvalue weighted by Gasteiger charge is 2.16. The molecule has 0 atom stereocenters. The Kier molecular flexibility index (Phi) is 6.79. The number of carbonyl (C=O) groups is 1. The fourth-order valence-corrected chi connectivity index (χ4v) is 4.86. The van der Waals surface area contributed by atoms with Crippen molar-refractivity contribution in [2.24, 2.45) is 0 Å². The number of ether oxygens (including phenoxy) is 1. The number of hydrogen-bond acceptors (Lipinski definition) is 5. The Morgan fingerprint density at radius 2 is 1.93 bits per heavy atom. The molecule has 28 heavy (non-hydrogen) atoms. The van der Waals surface area contributed by atoms with Crippen molar-refractivity contribution in [2.75, 3.05) is 26.8 Å². The number of carbonyl (C=O) groups excluding carboxylic acids is 1. The van der Waals surface area contributed by atoms with Crippen LogP contribution in [0.2, 0.25) is 0 Å². The molecule has 0 radical (unpaired) electrons. The van der Waals surface area contributed by atoms with Crippen molar-refractivity contribution in [2.45, 2.75) is 11.3 Å². The van der Waals surface area contributed by atoms with Gasteiger partial charge in [-0.25, -0.2) is 13.1 Å². The molecular weight excluding hydrogens is 396 g/mol. The summed E-state index contributed by atoms with van der Waals surface area (Å²) in [7, 11) is -2.18. The Labute approximate surface area is 168 Å². The second-order valence-corrected chi connectivity index (χ2v) is 8.86. The van der Waals surface area contributed by atoms with E-state index in [1.165, 1.54) is 34.9 Å². The summed E-state index contributed by atoms with van der Waals surface area (Å²) in [5, 5.41) is 6.18. The quantitative estimate of drug-likeness (QED) is 0.524. The highest BCUT2D eigenvalue weighted by molar-refractivity contribution is 7.89. The summed E-state index contributed by atoms with van der Waals surface area (Å²) in [4.78, 5) is 12.5. The second kappa shape index (κ2) is 9.29. The van der Waals surface area contributed by atoms with Crippen molar-refractivity contribution in [3.8, 4) is 0 Å². The van der Waals surface area contributed by atoms with E-state index in [9.17, 15) is 13.2 Å². The molecule has 148 valence electrons. The van der Waals surface area contributed by atoms with Crippen molar-refractivity contribution in [3.63, 3.8) is 0 Å². The summed E-state index contributed by atoms with van der Waals surface area (Å²) < 4.78 is 33.1. The lowest BCUT2D eigenvalue weighted by atomic mass is 10.1. The van der Waals surface area contributed by atoms with Crippen LogP contribution in [0, 0.1) is 0 Å². The van der Waals surface area contributed by atoms with Crippen molar-refractivity contribution < 1.29 is 17.9 Å². The molecule has 0 spiro atoms. The van der Waals surface area contributed by atoms with Gasteiger partial charge < -0.3 is 10.1 Å². The van der Waals surface area contributed by atoms with E-state index in [1.54, 1.807) is 23.5 Å². The Balaban J connectivity index is 1.61. The van der Waals surface area contributed by atoms with Crippen molar-refractivity contribution in [1.82, 2.24) is 10.0 Å². The third-order valence-electron chi connectivity index (χ3n) is 4.25. The normalized spacial score (nSPS) is 11.6. The lowest BCUT2D eigenvalue weighted by Crippen LogP contribution is -2.28. The van der Waals surface area contributed by atoms with E-state index in [2.05, 4.69) is 27.6 Å². The first-order chi connectivity index (χ1) is 13.5. The first-order valence-electron chi connectivity index (χ1n) is 8.83. The third-order valence-corrected chi connectivity index (χ3v) is 6.72. The fourth-order valence-electron chi connectivity index (χ4n) is 2.81. The number of benzene rings is 2. The van der Waals surface area contributed by atoms with E-state index < -0.39 is 10.0 Å². The molecular formula is C20H22N2O4S2. The lowest BCUT2D eigenvalue weighted by Gasteiger charge is -2.09. The van der Waals surface area contributed by atoms with E-state index in [0.717, 1.165) is 0 Å². The molecule has 2 N–H and O–H groups in total. The molecule has 1 amide bonds. The summed E-state index contributed by atoms with van der Waals surface area (Å²) in [5.74, 6) is -0.298. The SMILES string of the molecule is COCCNS(=O)(=O)c1cccc(C(=O)NCCc2csc3ccccc23)c1. The van der Waals surface area contributed by atoms with Crippen LogP contribution in [0.4, 0.5) is 0 Å². The highest BCUT2D eigenvalue weighted by Crippen LogP contribution is 2.25. The zero-order valence-corrected chi connectivity index (χ0v) is 17.1. The average Bonchev–Trinajstić information content (AvgIpc) is 3.11. The zero-order valence-electron chi connectivity index (χ0n) is 15.5. The van der Waals surface area contributed by atoms with Crippen molar-refractivity contribution in [3.05, 3.63) is 65.0 Å². The number of amides is 1. The minimum atomic E-state index is -3.68. The maximum absolute atomic E-state index is 12.4. The minimum absolute atomic E-state index is 0.0556. The smallest absolute Gasteiger partial charge is 0.251 e. The molecule has 0 unspecified atom stereocenters. The van der Waals surface area contributed by atoms with Crippen LogP contribution < -0.4 is 10.0 Å². The predicted octanol–water partition coefficient (Wildman–Crippen LogP) is 2.80. The van der Waals surface area contributed by atoms with Crippen LogP contribution in [0.1, 0.15) is 15.9 Å². The summed E-state index contributed by atoms with van der Waals surface area (Å²) in [6.07, 6.45) is 0.715. The largest absolute Gasteiger partial charge is 0.383 e. The van der Waals surface area contributed by atoms with Gasteiger partial charge in [-0.05, 0) is 47.0 Å². The summed E-state index contributed by atoms with van der Waals surface area (Å²) in [6, 6.07) is 14.2. The van der Waals surface area contributed by atoms with Gasteiger partial charge in [-0.15, -0.1) is 11.3 Å². The molecule has 0 aliphatic rings.